The molecule has 0 saturated carbocycles. The minimum Gasteiger partial charge on any atom is -0.387 e. The molecule has 0 bridgehead atoms. The number of pyridine rings is 1. The zero-order valence-electron chi connectivity index (χ0n) is 11.5. The van der Waals surface area contributed by atoms with Gasteiger partial charge in [0.2, 0.25) is 10.0 Å². The Morgan fingerprint density at radius 3 is 2.70 bits per heavy atom. The molecule has 0 radical (unpaired) electrons. The lowest BCUT2D eigenvalue weighted by molar-refractivity contribution is 0.392. The molecule has 0 aromatic carbocycles. The molecular formula is C12H16N4O3S. The predicted octanol–water partition coefficient (Wildman–Crippen LogP) is 1.21. The topological polar surface area (TPSA) is 97.1 Å². The number of nitrogens with one attached hydrogen (secondary N) is 2. The van der Waals surface area contributed by atoms with Gasteiger partial charge in [-0.2, -0.15) is 0 Å². The van der Waals surface area contributed by atoms with Crippen LogP contribution >= 0.6 is 0 Å². The van der Waals surface area contributed by atoms with Gasteiger partial charge in [0.05, 0.1) is 11.4 Å². The number of hydrogen-bond acceptors (Lipinski definition) is 6. The van der Waals surface area contributed by atoms with Gasteiger partial charge in [-0.1, -0.05) is 5.16 Å². The number of aromatic nitrogens is 2. The van der Waals surface area contributed by atoms with Crippen LogP contribution in [-0.2, 0) is 16.6 Å². The highest BCUT2D eigenvalue weighted by molar-refractivity contribution is 7.89. The fourth-order valence-electron chi connectivity index (χ4n) is 1.80. The number of nitrogens with zero attached hydrogens (tertiary/aromatic N) is 2. The molecule has 2 aromatic rings. The van der Waals surface area contributed by atoms with Crippen molar-refractivity contribution in [3.8, 4) is 0 Å². The van der Waals surface area contributed by atoms with E-state index in [4.69, 9.17) is 4.52 Å². The van der Waals surface area contributed by atoms with Gasteiger partial charge in [-0.15, -0.1) is 0 Å². The average molecular weight is 296 g/mol. The average Bonchev–Trinajstić information content (AvgIpc) is 2.76. The van der Waals surface area contributed by atoms with Crippen LogP contribution < -0.4 is 10.0 Å². The molecule has 0 aliphatic carbocycles. The summed E-state index contributed by atoms with van der Waals surface area (Å²) in [5.41, 5.74) is 1.90. The minimum absolute atomic E-state index is 0.106. The van der Waals surface area contributed by atoms with Crippen LogP contribution in [0.2, 0.25) is 0 Å². The summed E-state index contributed by atoms with van der Waals surface area (Å²) in [7, 11) is -2.00. The molecule has 8 heteroatoms. The normalized spacial score (nSPS) is 11.6. The van der Waals surface area contributed by atoms with Crippen LogP contribution in [0, 0.1) is 13.8 Å². The molecule has 0 amide bonds. The van der Waals surface area contributed by atoms with E-state index < -0.39 is 10.0 Å². The lowest BCUT2D eigenvalue weighted by atomic mass is 10.2. The van der Waals surface area contributed by atoms with Crippen molar-refractivity contribution in [2.24, 2.45) is 0 Å². The summed E-state index contributed by atoms with van der Waals surface area (Å²) in [6.07, 6.45) is 2.83. The zero-order chi connectivity index (χ0) is 14.8. The van der Waals surface area contributed by atoms with E-state index in [0.29, 0.717) is 17.1 Å². The summed E-state index contributed by atoms with van der Waals surface area (Å²) < 4.78 is 32.1. The first kappa shape index (κ1) is 14.5. The quantitative estimate of drug-likeness (QED) is 0.860. The highest BCUT2D eigenvalue weighted by atomic mass is 32.2. The van der Waals surface area contributed by atoms with E-state index >= 15 is 0 Å². The Labute approximate surface area is 117 Å². The van der Waals surface area contributed by atoms with Crippen LogP contribution in [0.25, 0.3) is 0 Å². The summed E-state index contributed by atoms with van der Waals surface area (Å²) in [6, 6.07) is 1.60. The van der Waals surface area contributed by atoms with Gasteiger partial charge >= 0.3 is 0 Å². The van der Waals surface area contributed by atoms with Crippen LogP contribution in [0.5, 0.6) is 0 Å². The number of aryl methyl sites for hydroxylation is 2. The van der Waals surface area contributed by atoms with Crippen molar-refractivity contribution in [2.45, 2.75) is 25.3 Å². The van der Waals surface area contributed by atoms with Gasteiger partial charge in [0.1, 0.15) is 10.7 Å². The van der Waals surface area contributed by atoms with E-state index in [1.807, 2.05) is 0 Å². The number of anilines is 1. The lowest BCUT2D eigenvalue weighted by Crippen LogP contribution is -2.24. The van der Waals surface area contributed by atoms with E-state index in [0.717, 1.165) is 5.56 Å². The van der Waals surface area contributed by atoms with E-state index in [2.05, 4.69) is 20.2 Å². The summed E-state index contributed by atoms with van der Waals surface area (Å²) >= 11 is 0. The Kier molecular flexibility index (Phi) is 4.05. The molecule has 0 atom stereocenters. The summed E-state index contributed by atoms with van der Waals surface area (Å²) in [4.78, 5) is 3.96. The Morgan fingerprint density at radius 1 is 1.35 bits per heavy atom. The Bertz CT molecular complexity index is 690. The predicted molar refractivity (Wildman–Crippen MR) is 73.8 cm³/mol. The Morgan fingerprint density at radius 2 is 2.10 bits per heavy atom. The first-order valence-electron chi connectivity index (χ1n) is 5.99. The molecule has 0 aliphatic heterocycles. The van der Waals surface area contributed by atoms with Crippen LogP contribution in [-0.4, -0.2) is 25.6 Å². The molecule has 0 saturated heterocycles. The van der Waals surface area contributed by atoms with Gasteiger partial charge in [-0.25, -0.2) is 13.1 Å². The molecule has 20 heavy (non-hydrogen) atoms. The molecule has 108 valence electrons. The van der Waals surface area contributed by atoms with E-state index in [1.165, 1.54) is 12.4 Å². The van der Waals surface area contributed by atoms with Crippen LogP contribution in [0.15, 0.2) is 27.9 Å². The third-order valence-electron chi connectivity index (χ3n) is 2.96. The Balaban J connectivity index is 2.24. The van der Waals surface area contributed by atoms with Crippen molar-refractivity contribution in [3.63, 3.8) is 0 Å². The molecule has 0 unspecified atom stereocenters. The number of hydrogen-bond donors (Lipinski definition) is 2. The molecule has 7 nitrogen and oxygen atoms in total. The van der Waals surface area contributed by atoms with Crippen LogP contribution in [0.3, 0.4) is 0 Å². The first-order chi connectivity index (χ1) is 9.45. The van der Waals surface area contributed by atoms with Crippen molar-refractivity contribution >= 4 is 15.7 Å². The van der Waals surface area contributed by atoms with E-state index in [-0.39, 0.29) is 11.4 Å². The smallest absolute Gasteiger partial charge is 0.244 e. The largest absolute Gasteiger partial charge is 0.387 e. The van der Waals surface area contributed by atoms with Gasteiger partial charge in [0.25, 0.3) is 0 Å². The van der Waals surface area contributed by atoms with Gasteiger partial charge < -0.3 is 9.84 Å². The third-order valence-corrected chi connectivity index (χ3v) is 4.39. The summed E-state index contributed by atoms with van der Waals surface area (Å²) in [5, 5.41) is 6.62. The van der Waals surface area contributed by atoms with Crippen LogP contribution in [0.1, 0.15) is 17.0 Å². The zero-order valence-corrected chi connectivity index (χ0v) is 12.3. The molecule has 2 heterocycles. The van der Waals surface area contributed by atoms with Crippen LogP contribution in [0.4, 0.5) is 5.69 Å². The van der Waals surface area contributed by atoms with E-state index in [1.54, 1.807) is 27.0 Å². The number of sulfonamides is 1. The lowest BCUT2D eigenvalue weighted by Gasteiger charge is -2.10. The monoisotopic (exact) mass is 296 g/mol. The number of rotatable bonds is 5. The highest BCUT2D eigenvalue weighted by Gasteiger charge is 2.19. The molecular weight excluding hydrogens is 280 g/mol. The van der Waals surface area contributed by atoms with Crippen molar-refractivity contribution < 1.29 is 12.9 Å². The maximum Gasteiger partial charge on any atom is 0.244 e. The van der Waals surface area contributed by atoms with E-state index in [9.17, 15) is 8.42 Å². The van der Waals surface area contributed by atoms with Gasteiger partial charge in [0.15, 0.2) is 0 Å². The second-order valence-electron chi connectivity index (χ2n) is 4.25. The maximum atomic E-state index is 12.3. The standard InChI is InChI=1S/C12H16N4O3S/c1-8-10(9(2)19-16-8)6-15-20(17,18)12-7-14-5-4-11(12)13-3/h4-5,7,15H,6H2,1-3H3,(H,13,14). The molecule has 2 N–H and O–H groups in total. The van der Waals surface area contributed by atoms with Gasteiger partial charge in [0, 0.05) is 31.5 Å². The molecule has 2 rings (SSSR count). The fraction of sp³-hybridized carbons (Fsp3) is 0.333. The van der Waals surface area contributed by atoms with Crippen molar-refractivity contribution in [1.29, 1.82) is 0 Å². The molecule has 2 aromatic heterocycles. The summed E-state index contributed by atoms with van der Waals surface area (Å²) in [6.45, 7) is 3.64. The fourth-order valence-corrected chi connectivity index (χ4v) is 2.95. The van der Waals surface area contributed by atoms with Crippen molar-refractivity contribution in [2.75, 3.05) is 12.4 Å². The molecule has 0 aliphatic rings. The maximum absolute atomic E-state index is 12.3. The first-order valence-corrected chi connectivity index (χ1v) is 7.47. The minimum atomic E-state index is -3.66. The van der Waals surface area contributed by atoms with Gasteiger partial charge in [-0.3, -0.25) is 4.98 Å². The second-order valence-corrected chi connectivity index (χ2v) is 5.98. The molecule has 0 fully saturated rings. The van der Waals surface area contributed by atoms with Crippen molar-refractivity contribution in [1.82, 2.24) is 14.9 Å². The highest BCUT2D eigenvalue weighted by Crippen LogP contribution is 2.19. The SMILES string of the molecule is CNc1ccncc1S(=O)(=O)NCc1c(C)noc1C. The van der Waals surface area contributed by atoms with Crippen molar-refractivity contribution in [3.05, 3.63) is 35.5 Å². The summed E-state index contributed by atoms with van der Waals surface area (Å²) in [5.74, 6) is 0.602. The van der Waals surface area contributed by atoms with Gasteiger partial charge in [-0.05, 0) is 19.9 Å². The second kappa shape index (κ2) is 5.59. The molecule has 0 spiro atoms. The Hall–Kier alpha value is -1.93. The third kappa shape index (κ3) is 2.81.